The molecule has 1 aliphatic rings. The minimum absolute atomic E-state index is 0.0188. The molecule has 4 nitrogen and oxygen atoms in total. The van der Waals surface area contributed by atoms with Crippen LogP contribution in [0.3, 0.4) is 0 Å². The molecule has 174 valence electrons. The highest BCUT2D eigenvalue weighted by Gasteiger charge is 2.39. The predicted molar refractivity (Wildman–Crippen MR) is 120 cm³/mol. The minimum atomic E-state index is -4.47. The zero-order chi connectivity index (χ0) is 23.5. The maximum Gasteiger partial charge on any atom is 0.416 e. The number of fused-ring (bicyclic) bond motifs is 1. The van der Waals surface area contributed by atoms with E-state index in [9.17, 15) is 13.2 Å². The highest BCUT2D eigenvalue weighted by Crippen LogP contribution is 2.40. The van der Waals surface area contributed by atoms with Crippen LogP contribution in [0.1, 0.15) is 28.7 Å². The first-order chi connectivity index (χ1) is 15.8. The van der Waals surface area contributed by atoms with E-state index in [1.54, 1.807) is 37.4 Å². The van der Waals surface area contributed by atoms with E-state index in [1.807, 2.05) is 24.3 Å². The SMILES string of the molecule is COc1ccc(-c2cc(COCC3(CCN)OCc4ccccc43)cc(C(F)(F)F)c2)cc1. The molecule has 0 aromatic heterocycles. The molecule has 2 N–H and O–H groups in total. The smallest absolute Gasteiger partial charge is 0.416 e. The number of hydrogen-bond acceptors (Lipinski definition) is 4. The van der Waals surface area contributed by atoms with Gasteiger partial charge in [0.15, 0.2) is 0 Å². The van der Waals surface area contributed by atoms with E-state index >= 15 is 0 Å². The molecule has 33 heavy (non-hydrogen) atoms. The van der Waals surface area contributed by atoms with Crippen LogP contribution in [-0.4, -0.2) is 20.3 Å². The standard InChI is InChI=1S/C26H26F3NO3/c1-31-23-8-6-19(7-9-23)21-12-18(13-22(14-21)26(27,28)29)15-32-17-25(10-11-30)24-5-3-2-4-20(24)16-33-25/h2-9,12-14H,10-11,15-17,30H2,1H3. The Morgan fingerprint density at radius 3 is 2.45 bits per heavy atom. The summed E-state index contributed by atoms with van der Waals surface area (Å²) in [4.78, 5) is 0. The highest BCUT2D eigenvalue weighted by molar-refractivity contribution is 5.66. The van der Waals surface area contributed by atoms with Crippen molar-refractivity contribution in [2.24, 2.45) is 5.73 Å². The molecule has 1 aliphatic heterocycles. The Bertz CT molecular complexity index is 1090. The van der Waals surface area contributed by atoms with E-state index < -0.39 is 17.3 Å². The fraction of sp³-hybridized carbons (Fsp3) is 0.308. The van der Waals surface area contributed by atoms with Gasteiger partial charge in [-0.15, -0.1) is 0 Å². The largest absolute Gasteiger partial charge is 0.497 e. The Morgan fingerprint density at radius 2 is 1.76 bits per heavy atom. The first-order valence-corrected chi connectivity index (χ1v) is 10.7. The van der Waals surface area contributed by atoms with Crippen LogP contribution in [0.2, 0.25) is 0 Å². The molecule has 4 rings (SSSR count). The second-order valence-corrected chi connectivity index (χ2v) is 8.12. The molecule has 0 saturated carbocycles. The van der Waals surface area contributed by atoms with E-state index in [4.69, 9.17) is 19.9 Å². The van der Waals surface area contributed by atoms with Crippen molar-refractivity contribution in [3.05, 3.63) is 89.0 Å². The second-order valence-electron chi connectivity index (χ2n) is 8.12. The number of nitrogens with two attached hydrogens (primary N) is 1. The van der Waals surface area contributed by atoms with E-state index in [0.29, 0.717) is 42.0 Å². The Morgan fingerprint density at radius 1 is 1.00 bits per heavy atom. The third kappa shape index (κ3) is 5.05. The van der Waals surface area contributed by atoms with Crippen molar-refractivity contribution < 1.29 is 27.4 Å². The monoisotopic (exact) mass is 457 g/mol. The van der Waals surface area contributed by atoms with Gasteiger partial charge in [-0.1, -0.05) is 36.4 Å². The van der Waals surface area contributed by atoms with Gasteiger partial charge in [0.2, 0.25) is 0 Å². The highest BCUT2D eigenvalue weighted by atomic mass is 19.4. The molecule has 7 heteroatoms. The Kier molecular flexibility index (Phi) is 6.74. The molecule has 1 atom stereocenters. The molecular weight excluding hydrogens is 431 g/mol. The fourth-order valence-corrected chi connectivity index (χ4v) is 4.24. The molecule has 0 fully saturated rings. The van der Waals surface area contributed by atoms with Gasteiger partial charge in [0, 0.05) is 0 Å². The van der Waals surface area contributed by atoms with Crippen molar-refractivity contribution in [3.63, 3.8) is 0 Å². The second kappa shape index (κ2) is 9.55. The van der Waals surface area contributed by atoms with Gasteiger partial charge in [0.1, 0.15) is 11.4 Å². The lowest BCUT2D eigenvalue weighted by molar-refractivity contribution is -0.137. The van der Waals surface area contributed by atoms with Gasteiger partial charge in [-0.3, -0.25) is 0 Å². The normalized spacial score (nSPS) is 17.7. The summed E-state index contributed by atoms with van der Waals surface area (Å²) < 4.78 is 57.9. The molecule has 0 bridgehead atoms. The molecule has 0 radical (unpaired) electrons. The summed E-state index contributed by atoms with van der Waals surface area (Å²) in [5, 5.41) is 0. The van der Waals surface area contributed by atoms with Crippen molar-refractivity contribution in [2.45, 2.75) is 31.4 Å². The number of alkyl halides is 3. The zero-order valence-corrected chi connectivity index (χ0v) is 18.3. The molecule has 0 saturated heterocycles. The van der Waals surface area contributed by atoms with Crippen LogP contribution in [0, 0.1) is 0 Å². The molecule has 0 aliphatic carbocycles. The van der Waals surface area contributed by atoms with Crippen LogP contribution < -0.4 is 10.5 Å². The lowest BCUT2D eigenvalue weighted by Crippen LogP contribution is -2.34. The summed E-state index contributed by atoms with van der Waals surface area (Å²) in [6.07, 6.45) is -3.91. The van der Waals surface area contributed by atoms with Gasteiger partial charge in [-0.25, -0.2) is 0 Å². The number of ether oxygens (including phenoxy) is 3. The Balaban J connectivity index is 1.57. The molecule has 0 amide bonds. The van der Waals surface area contributed by atoms with E-state index in [-0.39, 0.29) is 13.2 Å². The van der Waals surface area contributed by atoms with Crippen LogP contribution in [0.15, 0.2) is 66.7 Å². The number of methoxy groups -OCH3 is 1. The van der Waals surface area contributed by atoms with E-state index in [2.05, 4.69) is 0 Å². The van der Waals surface area contributed by atoms with E-state index in [1.165, 1.54) is 0 Å². The summed E-state index contributed by atoms with van der Waals surface area (Å²) in [7, 11) is 1.54. The summed E-state index contributed by atoms with van der Waals surface area (Å²) in [6, 6.07) is 18.8. The predicted octanol–water partition coefficient (Wildman–Crippen LogP) is 5.67. The van der Waals surface area contributed by atoms with Crippen molar-refractivity contribution in [2.75, 3.05) is 20.3 Å². The third-order valence-corrected chi connectivity index (χ3v) is 5.91. The van der Waals surface area contributed by atoms with Crippen molar-refractivity contribution in [1.82, 2.24) is 0 Å². The van der Waals surface area contributed by atoms with Crippen LogP contribution >= 0.6 is 0 Å². The number of rotatable bonds is 8. The quantitative estimate of drug-likeness (QED) is 0.473. The minimum Gasteiger partial charge on any atom is -0.497 e. The lowest BCUT2D eigenvalue weighted by atomic mass is 9.90. The van der Waals surface area contributed by atoms with Crippen LogP contribution in [-0.2, 0) is 34.5 Å². The summed E-state index contributed by atoms with van der Waals surface area (Å²) in [6.45, 7) is 1.09. The summed E-state index contributed by atoms with van der Waals surface area (Å²) in [5.41, 5.74) is 8.10. The van der Waals surface area contributed by atoms with Gasteiger partial charge in [0.05, 0.1) is 32.5 Å². The molecule has 3 aromatic carbocycles. The molecule has 3 aromatic rings. The van der Waals surface area contributed by atoms with Crippen LogP contribution in [0.4, 0.5) is 13.2 Å². The molecular formula is C26H26F3NO3. The lowest BCUT2D eigenvalue weighted by Gasteiger charge is -2.29. The van der Waals surface area contributed by atoms with E-state index in [0.717, 1.165) is 23.3 Å². The average Bonchev–Trinajstić information content (AvgIpc) is 3.17. The van der Waals surface area contributed by atoms with Crippen molar-refractivity contribution >= 4 is 0 Å². The molecule has 1 heterocycles. The maximum absolute atomic E-state index is 13.6. The Labute approximate surface area is 191 Å². The Hall–Kier alpha value is -2.87. The zero-order valence-electron chi connectivity index (χ0n) is 18.3. The number of benzene rings is 3. The number of hydrogen-bond donors (Lipinski definition) is 1. The van der Waals surface area contributed by atoms with Gasteiger partial charge < -0.3 is 19.9 Å². The summed E-state index contributed by atoms with van der Waals surface area (Å²) in [5.74, 6) is 0.635. The molecule has 1 unspecified atom stereocenters. The van der Waals surface area contributed by atoms with Crippen LogP contribution in [0.25, 0.3) is 11.1 Å². The first-order valence-electron chi connectivity index (χ1n) is 10.7. The topological polar surface area (TPSA) is 53.7 Å². The van der Waals surface area contributed by atoms with Gasteiger partial charge in [-0.2, -0.15) is 13.2 Å². The van der Waals surface area contributed by atoms with Gasteiger partial charge >= 0.3 is 6.18 Å². The third-order valence-electron chi connectivity index (χ3n) is 5.91. The van der Waals surface area contributed by atoms with Gasteiger partial charge in [0.25, 0.3) is 0 Å². The van der Waals surface area contributed by atoms with Gasteiger partial charge in [-0.05, 0) is 71.1 Å². The first kappa shape index (κ1) is 23.3. The van der Waals surface area contributed by atoms with Crippen LogP contribution in [0.5, 0.6) is 5.75 Å². The molecule has 0 spiro atoms. The average molecular weight is 457 g/mol. The fourth-order valence-electron chi connectivity index (χ4n) is 4.24. The van der Waals surface area contributed by atoms with Crippen molar-refractivity contribution in [3.8, 4) is 16.9 Å². The number of halogens is 3. The maximum atomic E-state index is 13.6. The summed E-state index contributed by atoms with van der Waals surface area (Å²) >= 11 is 0. The van der Waals surface area contributed by atoms with Crippen molar-refractivity contribution in [1.29, 1.82) is 0 Å².